The van der Waals surface area contributed by atoms with Gasteiger partial charge in [-0.15, -0.1) is 24.0 Å². The number of guanidine groups is 1. The molecule has 0 aliphatic carbocycles. The van der Waals surface area contributed by atoms with Gasteiger partial charge < -0.3 is 14.6 Å². The van der Waals surface area contributed by atoms with Crippen LogP contribution >= 0.6 is 24.0 Å². The molecule has 0 spiro atoms. The Kier molecular flexibility index (Phi) is 4.99. The average molecular weight is 384 g/mol. The third-order valence-corrected chi connectivity index (χ3v) is 3.06. The van der Waals surface area contributed by atoms with E-state index in [4.69, 9.17) is 4.42 Å². The number of hydrogen-bond donors (Lipinski definition) is 1. The lowest BCUT2D eigenvalue weighted by molar-refractivity contribution is 0.532. The molecule has 0 saturated heterocycles. The molecule has 5 nitrogen and oxygen atoms in total. The van der Waals surface area contributed by atoms with Gasteiger partial charge in [0, 0.05) is 19.2 Å². The zero-order valence-corrected chi connectivity index (χ0v) is 13.6. The first-order valence-electron chi connectivity index (χ1n) is 6.32. The van der Waals surface area contributed by atoms with Crippen LogP contribution in [0.15, 0.2) is 46.0 Å². The molecule has 2 heterocycles. The molecule has 1 N–H and O–H groups in total. The van der Waals surface area contributed by atoms with Crippen molar-refractivity contribution in [3.8, 4) is 11.5 Å². The van der Waals surface area contributed by atoms with Crippen LogP contribution in [0.3, 0.4) is 0 Å². The van der Waals surface area contributed by atoms with Crippen molar-refractivity contribution in [3.05, 3.63) is 42.3 Å². The van der Waals surface area contributed by atoms with E-state index in [0.29, 0.717) is 12.4 Å². The van der Waals surface area contributed by atoms with E-state index in [1.807, 2.05) is 37.4 Å². The molecule has 0 fully saturated rings. The van der Waals surface area contributed by atoms with Crippen molar-refractivity contribution < 1.29 is 4.42 Å². The Morgan fingerprint density at radius 3 is 2.80 bits per heavy atom. The summed E-state index contributed by atoms with van der Waals surface area (Å²) in [5.41, 5.74) is 1.87. The summed E-state index contributed by atoms with van der Waals surface area (Å²) in [6.07, 6.45) is 1.69. The maximum absolute atomic E-state index is 5.49. The number of nitrogens with zero attached hydrogens (tertiary/aromatic N) is 3. The lowest BCUT2D eigenvalue weighted by atomic mass is 10.2. The molecule has 1 aliphatic heterocycles. The quantitative estimate of drug-likeness (QED) is 0.826. The second-order valence-electron chi connectivity index (χ2n) is 4.49. The maximum Gasteiger partial charge on any atom is 0.226 e. The van der Waals surface area contributed by atoms with E-state index >= 15 is 0 Å². The lowest BCUT2D eigenvalue weighted by Gasteiger charge is -2.13. The fourth-order valence-corrected chi connectivity index (χ4v) is 1.99. The fraction of sp³-hybridized carbons (Fsp3) is 0.286. The summed E-state index contributed by atoms with van der Waals surface area (Å²) in [5.74, 6) is 1.57. The largest absolute Gasteiger partial charge is 0.444 e. The molecule has 0 saturated carbocycles. The Morgan fingerprint density at radius 1 is 1.30 bits per heavy atom. The molecule has 1 aromatic heterocycles. The standard InChI is InChI=1S/C14H16N4O.HI/c1-18-8-7-15-14(18)16-9-12-10-19-13(17-12)11-5-3-2-4-6-11;/h2-6,10H,7-9H2,1H3,(H,15,16);1H. The van der Waals surface area contributed by atoms with Crippen LogP contribution in [-0.2, 0) is 6.54 Å². The number of benzene rings is 1. The van der Waals surface area contributed by atoms with Crippen LogP contribution in [0.4, 0.5) is 0 Å². The van der Waals surface area contributed by atoms with Crippen molar-refractivity contribution in [3.63, 3.8) is 0 Å². The first-order valence-corrected chi connectivity index (χ1v) is 6.32. The van der Waals surface area contributed by atoms with Crippen molar-refractivity contribution >= 4 is 29.9 Å². The second-order valence-corrected chi connectivity index (χ2v) is 4.49. The summed E-state index contributed by atoms with van der Waals surface area (Å²) in [4.78, 5) is 10.9. The molecule has 0 radical (unpaired) electrons. The van der Waals surface area contributed by atoms with Gasteiger partial charge >= 0.3 is 0 Å². The molecule has 0 amide bonds. The van der Waals surface area contributed by atoms with Crippen LogP contribution < -0.4 is 5.32 Å². The smallest absolute Gasteiger partial charge is 0.226 e. The van der Waals surface area contributed by atoms with Gasteiger partial charge in [-0.05, 0) is 12.1 Å². The van der Waals surface area contributed by atoms with Gasteiger partial charge in [0.15, 0.2) is 5.96 Å². The predicted octanol–water partition coefficient (Wildman–Crippen LogP) is 2.35. The summed E-state index contributed by atoms with van der Waals surface area (Å²) in [6.45, 7) is 2.45. The molecule has 3 rings (SSSR count). The van der Waals surface area contributed by atoms with Crippen LogP contribution in [0.25, 0.3) is 11.5 Å². The maximum atomic E-state index is 5.49. The summed E-state index contributed by atoms with van der Waals surface area (Å²) >= 11 is 0. The van der Waals surface area contributed by atoms with E-state index in [2.05, 4.69) is 20.2 Å². The Bertz CT molecular complexity index is 582. The number of halogens is 1. The van der Waals surface area contributed by atoms with Crippen molar-refractivity contribution in [2.24, 2.45) is 4.99 Å². The van der Waals surface area contributed by atoms with Gasteiger partial charge in [0.1, 0.15) is 6.26 Å². The summed E-state index contributed by atoms with van der Waals surface area (Å²) < 4.78 is 5.49. The van der Waals surface area contributed by atoms with Crippen LogP contribution in [0.1, 0.15) is 5.69 Å². The summed E-state index contributed by atoms with van der Waals surface area (Å²) in [7, 11) is 2.02. The first-order chi connectivity index (χ1) is 9.33. The fourth-order valence-electron chi connectivity index (χ4n) is 1.99. The minimum Gasteiger partial charge on any atom is -0.444 e. The SMILES string of the molecule is CN1CCN=C1NCc1coc(-c2ccccc2)n1.I. The first kappa shape index (κ1) is 14.8. The zero-order chi connectivity index (χ0) is 13.1. The van der Waals surface area contributed by atoms with Crippen molar-refractivity contribution in [1.82, 2.24) is 15.2 Å². The second kappa shape index (κ2) is 6.74. The highest BCUT2D eigenvalue weighted by Crippen LogP contribution is 2.17. The molecule has 0 bridgehead atoms. The van der Waals surface area contributed by atoms with Crippen LogP contribution in [0, 0.1) is 0 Å². The van der Waals surface area contributed by atoms with Gasteiger partial charge in [-0.1, -0.05) is 18.2 Å². The monoisotopic (exact) mass is 384 g/mol. The number of aromatic nitrogens is 1. The molecule has 6 heteroatoms. The third-order valence-electron chi connectivity index (χ3n) is 3.06. The van der Waals surface area contributed by atoms with Crippen molar-refractivity contribution in [1.29, 1.82) is 0 Å². The Morgan fingerprint density at radius 2 is 2.10 bits per heavy atom. The highest BCUT2D eigenvalue weighted by Gasteiger charge is 2.12. The number of rotatable bonds is 3. The molecule has 1 aliphatic rings. The Labute approximate surface area is 135 Å². The highest BCUT2D eigenvalue weighted by atomic mass is 127. The van der Waals surface area contributed by atoms with E-state index in [1.54, 1.807) is 6.26 Å². The van der Waals surface area contributed by atoms with Gasteiger partial charge in [-0.2, -0.15) is 0 Å². The van der Waals surface area contributed by atoms with Crippen LogP contribution in [-0.4, -0.2) is 36.0 Å². The van der Waals surface area contributed by atoms with E-state index in [0.717, 1.165) is 30.3 Å². The molecular weight excluding hydrogens is 367 g/mol. The highest BCUT2D eigenvalue weighted by molar-refractivity contribution is 14.0. The summed E-state index contributed by atoms with van der Waals surface area (Å²) in [5, 5.41) is 3.27. The Hall–Kier alpha value is -1.57. The molecular formula is C14H17IN4O. The van der Waals surface area contributed by atoms with Gasteiger partial charge in [-0.25, -0.2) is 4.98 Å². The zero-order valence-electron chi connectivity index (χ0n) is 11.2. The normalized spacial score (nSPS) is 13.8. The molecule has 1 aromatic carbocycles. The number of aliphatic imine (C=N–C) groups is 1. The number of likely N-dealkylation sites (N-methyl/N-ethyl adjacent to an activating group) is 1. The van der Waals surface area contributed by atoms with Gasteiger partial charge in [0.05, 0.1) is 18.8 Å². The number of oxazole rings is 1. The minimum absolute atomic E-state index is 0. The van der Waals surface area contributed by atoms with Gasteiger partial charge in [0.2, 0.25) is 5.89 Å². The summed E-state index contributed by atoms with van der Waals surface area (Å²) in [6, 6.07) is 9.89. The molecule has 20 heavy (non-hydrogen) atoms. The van der Waals surface area contributed by atoms with Crippen LogP contribution in [0.2, 0.25) is 0 Å². The van der Waals surface area contributed by atoms with E-state index in [-0.39, 0.29) is 24.0 Å². The predicted molar refractivity (Wildman–Crippen MR) is 89.1 cm³/mol. The van der Waals surface area contributed by atoms with Crippen LogP contribution in [0.5, 0.6) is 0 Å². The van der Waals surface area contributed by atoms with Crippen molar-refractivity contribution in [2.75, 3.05) is 20.1 Å². The van der Waals surface area contributed by atoms with Gasteiger partial charge in [-0.3, -0.25) is 4.99 Å². The minimum atomic E-state index is 0. The van der Waals surface area contributed by atoms with E-state index in [1.165, 1.54) is 0 Å². The third kappa shape index (κ3) is 3.30. The molecule has 2 aromatic rings. The van der Waals surface area contributed by atoms with E-state index in [9.17, 15) is 0 Å². The molecule has 0 atom stereocenters. The Balaban J connectivity index is 0.00000147. The average Bonchev–Trinajstić information content (AvgIpc) is 3.06. The van der Waals surface area contributed by atoms with Crippen molar-refractivity contribution in [2.45, 2.75) is 6.54 Å². The lowest BCUT2D eigenvalue weighted by Crippen LogP contribution is -2.35. The number of nitrogens with one attached hydrogen (secondary N) is 1. The number of hydrogen-bond acceptors (Lipinski definition) is 5. The van der Waals surface area contributed by atoms with Gasteiger partial charge in [0.25, 0.3) is 0 Å². The molecule has 106 valence electrons. The van der Waals surface area contributed by atoms with E-state index < -0.39 is 0 Å². The molecule has 0 unspecified atom stereocenters. The topological polar surface area (TPSA) is 53.7 Å².